The van der Waals surface area contributed by atoms with Gasteiger partial charge in [-0.2, -0.15) is 0 Å². The number of primary amides is 1. The summed E-state index contributed by atoms with van der Waals surface area (Å²) in [4.78, 5) is 11.0. The third-order valence-corrected chi connectivity index (χ3v) is 3.56. The SMILES string of the molecule is NC(=O)c1ccc(COc2ccc(Cl)cc2Br)c(N)c1. The van der Waals surface area contributed by atoms with Crippen molar-refractivity contribution in [1.29, 1.82) is 0 Å². The van der Waals surface area contributed by atoms with Crippen molar-refractivity contribution in [2.24, 2.45) is 5.73 Å². The molecule has 0 aliphatic heterocycles. The number of anilines is 1. The number of hydrogen-bond acceptors (Lipinski definition) is 3. The minimum absolute atomic E-state index is 0.283. The second kappa shape index (κ2) is 6.15. The van der Waals surface area contributed by atoms with Gasteiger partial charge >= 0.3 is 0 Å². The quantitative estimate of drug-likeness (QED) is 0.825. The molecule has 0 saturated carbocycles. The Morgan fingerprint density at radius 2 is 2.00 bits per heavy atom. The molecule has 0 fully saturated rings. The molecule has 20 heavy (non-hydrogen) atoms. The molecule has 2 rings (SSSR count). The molecule has 0 bridgehead atoms. The fourth-order valence-corrected chi connectivity index (χ4v) is 2.42. The zero-order valence-corrected chi connectivity index (χ0v) is 12.7. The Labute approximate surface area is 129 Å². The van der Waals surface area contributed by atoms with Crippen LogP contribution >= 0.6 is 27.5 Å². The van der Waals surface area contributed by atoms with E-state index in [4.69, 9.17) is 27.8 Å². The second-order valence-corrected chi connectivity index (χ2v) is 5.43. The number of nitrogens with two attached hydrogens (primary N) is 2. The van der Waals surface area contributed by atoms with Gasteiger partial charge in [-0.15, -0.1) is 0 Å². The summed E-state index contributed by atoms with van der Waals surface area (Å²) in [5.74, 6) is 0.150. The monoisotopic (exact) mass is 354 g/mol. The van der Waals surface area contributed by atoms with Gasteiger partial charge in [-0.25, -0.2) is 0 Å². The molecule has 2 aromatic rings. The summed E-state index contributed by atoms with van der Waals surface area (Å²) in [6.07, 6.45) is 0. The highest BCUT2D eigenvalue weighted by atomic mass is 79.9. The Hall–Kier alpha value is -1.72. The molecular formula is C14H12BrClN2O2. The molecule has 1 amide bonds. The van der Waals surface area contributed by atoms with E-state index in [1.165, 1.54) is 6.07 Å². The normalized spacial score (nSPS) is 10.3. The minimum atomic E-state index is -0.510. The van der Waals surface area contributed by atoms with Crippen LogP contribution in [0.15, 0.2) is 40.9 Å². The van der Waals surface area contributed by atoms with Gasteiger partial charge in [0.05, 0.1) is 4.47 Å². The van der Waals surface area contributed by atoms with Crippen molar-refractivity contribution >= 4 is 39.1 Å². The highest BCUT2D eigenvalue weighted by molar-refractivity contribution is 9.10. The first-order valence-corrected chi connectivity index (χ1v) is 6.90. The molecule has 0 unspecified atom stereocenters. The molecule has 104 valence electrons. The molecule has 0 aromatic heterocycles. The van der Waals surface area contributed by atoms with Crippen LogP contribution in [-0.2, 0) is 6.61 Å². The van der Waals surface area contributed by atoms with E-state index in [2.05, 4.69) is 15.9 Å². The lowest BCUT2D eigenvalue weighted by Crippen LogP contribution is -2.12. The number of nitrogen functional groups attached to an aromatic ring is 1. The summed E-state index contributed by atoms with van der Waals surface area (Å²) < 4.78 is 6.42. The van der Waals surface area contributed by atoms with E-state index in [0.29, 0.717) is 22.0 Å². The third-order valence-electron chi connectivity index (χ3n) is 2.71. The minimum Gasteiger partial charge on any atom is -0.488 e. The molecule has 4 N–H and O–H groups in total. The molecular weight excluding hydrogens is 344 g/mol. The predicted octanol–water partition coefficient (Wildman–Crippen LogP) is 3.36. The largest absolute Gasteiger partial charge is 0.488 e. The summed E-state index contributed by atoms with van der Waals surface area (Å²) in [6, 6.07) is 10.1. The van der Waals surface area contributed by atoms with Crippen molar-refractivity contribution in [2.75, 3.05) is 5.73 Å². The topological polar surface area (TPSA) is 78.3 Å². The first-order valence-electron chi connectivity index (χ1n) is 5.73. The molecule has 0 aliphatic rings. The van der Waals surface area contributed by atoms with Gasteiger partial charge in [0.1, 0.15) is 12.4 Å². The number of amides is 1. The van der Waals surface area contributed by atoms with E-state index in [-0.39, 0.29) is 6.61 Å². The molecule has 6 heteroatoms. The van der Waals surface area contributed by atoms with Crippen LogP contribution in [0.3, 0.4) is 0 Å². The number of benzene rings is 2. The van der Waals surface area contributed by atoms with Crippen LogP contribution in [0, 0.1) is 0 Å². The number of halogens is 2. The van der Waals surface area contributed by atoms with Crippen molar-refractivity contribution in [1.82, 2.24) is 0 Å². The Bertz CT molecular complexity index is 662. The number of ether oxygens (including phenoxy) is 1. The van der Waals surface area contributed by atoms with E-state index >= 15 is 0 Å². The predicted molar refractivity (Wildman–Crippen MR) is 82.9 cm³/mol. The Morgan fingerprint density at radius 3 is 2.60 bits per heavy atom. The third kappa shape index (κ3) is 3.43. The van der Waals surface area contributed by atoms with Crippen molar-refractivity contribution in [3.63, 3.8) is 0 Å². The summed E-state index contributed by atoms with van der Waals surface area (Å²) in [6.45, 7) is 0.283. The Morgan fingerprint density at radius 1 is 1.25 bits per heavy atom. The van der Waals surface area contributed by atoms with Gasteiger partial charge in [-0.05, 0) is 46.3 Å². The maximum Gasteiger partial charge on any atom is 0.248 e. The maximum absolute atomic E-state index is 11.0. The molecule has 4 nitrogen and oxygen atoms in total. The van der Waals surface area contributed by atoms with Gasteiger partial charge in [0.15, 0.2) is 0 Å². The lowest BCUT2D eigenvalue weighted by Gasteiger charge is -2.11. The lowest BCUT2D eigenvalue weighted by molar-refractivity contribution is 0.100. The zero-order valence-electron chi connectivity index (χ0n) is 10.4. The van der Waals surface area contributed by atoms with Crippen molar-refractivity contribution in [3.8, 4) is 5.75 Å². The number of hydrogen-bond donors (Lipinski definition) is 2. The van der Waals surface area contributed by atoms with Crippen molar-refractivity contribution < 1.29 is 9.53 Å². The number of carbonyl (C=O) groups is 1. The molecule has 2 aromatic carbocycles. The summed E-state index contributed by atoms with van der Waals surface area (Å²) in [5, 5.41) is 0.620. The highest BCUT2D eigenvalue weighted by Crippen LogP contribution is 2.29. The molecule has 0 spiro atoms. The average molecular weight is 356 g/mol. The van der Waals surface area contributed by atoms with Crippen LogP contribution in [0.25, 0.3) is 0 Å². The van der Waals surface area contributed by atoms with E-state index in [9.17, 15) is 4.79 Å². The first kappa shape index (κ1) is 14.7. The van der Waals surface area contributed by atoms with Crippen LogP contribution in [0.5, 0.6) is 5.75 Å². The lowest BCUT2D eigenvalue weighted by atomic mass is 10.1. The first-order chi connectivity index (χ1) is 9.47. The van der Waals surface area contributed by atoms with Gasteiger partial charge in [-0.1, -0.05) is 17.7 Å². The number of carbonyl (C=O) groups excluding carboxylic acids is 1. The molecule has 0 atom stereocenters. The number of rotatable bonds is 4. The average Bonchev–Trinajstić information content (AvgIpc) is 2.38. The Balaban J connectivity index is 2.13. The van der Waals surface area contributed by atoms with Gasteiger partial charge in [0.2, 0.25) is 5.91 Å². The summed E-state index contributed by atoms with van der Waals surface area (Å²) in [5.41, 5.74) is 12.7. The van der Waals surface area contributed by atoms with E-state index in [1.54, 1.807) is 30.3 Å². The van der Waals surface area contributed by atoms with Crippen LogP contribution in [0.4, 0.5) is 5.69 Å². The van der Waals surface area contributed by atoms with Crippen LogP contribution in [-0.4, -0.2) is 5.91 Å². The smallest absolute Gasteiger partial charge is 0.248 e. The van der Waals surface area contributed by atoms with E-state index in [0.717, 1.165) is 10.0 Å². The fourth-order valence-electron chi connectivity index (χ4n) is 1.63. The van der Waals surface area contributed by atoms with E-state index in [1.807, 2.05) is 0 Å². The maximum atomic E-state index is 11.0. The van der Waals surface area contributed by atoms with Gasteiger partial charge in [0, 0.05) is 21.8 Å². The van der Waals surface area contributed by atoms with Crippen molar-refractivity contribution in [3.05, 3.63) is 57.0 Å². The van der Waals surface area contributed by atoms with Crippen LogP contribution < -0.4 is 16.2 Å². The molecule has 0 heterocycles. The van der Waals surface area contributed by atoms with Gasteiger partial charge < -0.3 is 16.2 Å². The standard InChI is InChI=1S/C14H12BrClN2O2/c15-11-6-10(16)3-4-13(11)20-7-9-2-1-8(14(18)19)5-12(9)17/h1-6H,7,17H2,(H2,18,19). The van der Waals surface area contributed by atoms with Crippen LogP contribution in [0.1, 0.15) is 15.9 Å². The second-order valence-electron chi connectivity index (χ2n) is 4.14. The summed E-state index contributed by atoms with van der Waals surface area (Å²) in [7, 11) is 0. The fraction of sp³-hybridized carbons (Fsp3) is 0.0714. The van der Waals surface area contributed by atoms with Gasteiger partial charge in [0.25, 0.3) is 0 Å². The van der Waals surface area contributed by atoms with Gasteiger partial charge in [-0.3, -0.25) is 4.79 Å². The molecule has 0 radical (unpaired) electrons. The van der Waals surface area contributed by atoms with E-state index < -0.39 is 5.91 Å². The summed E-state index contributed by atoms with van der Waals surface area (Å²) >= 11 is 9.23. The Kier molecular flexibility index (Phi) is 4.52. The molecule has 0 aliphatic carbocycles. The highest BCUT2D eigenvalue weighted by Gasteiger charge is 2.07. The zero-order chi connectivity index (χ0) is 14.7. The van der Waals surface area contributed by atoms with Crippen molar-refractivity contribution in [2.45, 2.75) is 6.61 Å². The molecule has 0 saturated heterocycles. The van der Waals surface area contributed by atoms with Crippen LogP contribution in [0.2, 0.25) is 5.02 Å².